The number of aryl methyl sites for hydroxylation is 2. The van der Waals surface area contributed by atoms with E-state index < -0.39 is 0 Å². The van der Waals surface area contributed by atoms with Crippen molar-refractivity contribution >= 4 is 39.7 Å². The van der Waals surface area contributed by atoms with Crippen molar-refractivity contribution in [2.75, 3.05) is 10.6 Å². The summed E-state index contributed by atoms with van der Waals surface area (Å²) in [5.74, 6) is 0.702. The van der Waals surface area contributed by atoms with Gasteiger partial charge in [-0.1, -0.05) is 35.9 Å². The molecule has 0 aliphatic heterocycles. The van der Waals surface area contributed by atoms with Gasteiger partial charge in [-0.05, 0) is 62.2 Å². The Bertz CT molecular complexity index is 1220. The Morgan fingerprint density at radius 2 is 1.87 bits per heavy atom. The summed E-state index contributed by atoms with van der Waals surface area (Å²) in [6, 6.07) is 16.6. The second kappa shape index (κ2) is 8.96. The van der Waals surface area contributed by atoms with E-state index in [1.165, 1.54) is 17.6 Å². The number of rotatable bonds is 6. The highest BCUT2D eigenvalue weighted by Gasteiger charge is 2.27. The molecule has 0 saturated heterocycles. The van der Waals surface area contributed by atoms with Crippen molar-refractivity contribution in [1.29, 1.82) is 0 Å². The predicted molar refractivity (Wildman–Crippen MR) is 126 cm³/mol. The summed E-state index contributed by atoms with van der Waals surface area (Å²) in [4.78, 5) is 18.4. The van der Waals surface area contributed by atoms with Gasteiger partial charge in [-0.25, -0.2) is 4.98 Å². The standard InChI is InChI=1S/C24H22ClN3O2S/c1-14-8-6-12-20(26-14)27-22(17-9-4-5-10-18(17)25)21-15(2)16(3)31-24(21)28-23(29)19-11-7-13-30-19/h4-13,22H,1-3H3,(H,26,27)(H,28,29). The van der Waals surface area contributed by atoms with E-state index in [4.69, 9.17) is 16.0 Å². The van der Waals surface area contributed by atoms with Gasteiger partial charge in [0.2, 0.25) is 0 Å². The van der Waals surface area contributed by atoms with E-state index in [9.17, 15) is 4.79 Å². The minimum atomic E-state index is -0.306. The lowest BCUT2D eigenvalue weighted by Gasteiger charge is -2.23. The van der Waals surface area contributed by atoms with Crippen LogP contribution in [0.3, 0.4) is 0 Å². The molecule has 3 heterocycles. The predicted octanol–water partition coefficient (Wildman–Crippen LogP) is 6.77. The SMILES string of the molecule is Cc1cccc(NC(c2ccccc2Cl)c2c(NC(=O)c3ccco3)sc(C)c2C)n1. The third kappa shape index (κ3) is 4.50. The van der Waals surface area contributed by atoms with Gasteiger partial charge in [0.05, 0.1) is 12.3 Å². The Labute approximate surface area is 190 Å². The van der Waals surface area contributed by atoms with Crippen LogP contribution in [0.4, 0.5) is 10.8 Å². The van der Waals surface area contributed by atoms with E-state index in [1.807, 2.05) is 56.3 Å². The molecule has 31 heavy (non-hydrogen) atoms. The number of aromatic nitrogens is 1. The Balaban J connectivity index is 1.81. The number of nitrogens with one attached hydrogen (secondary N) is 2. The number of benzene rings is 1. The summed E-state index contributed by atoms with van der Waals surface area (Å²) in [5, 5.41) is 7.95. The van der Waals surface area contributed by atoms with Gasteiger partial charge in [0.25, 0.3) is 5.91 Å². The summed E-state index contributed by atoms with van der Waals surface area (Å²) in [5.41, 5.74) is 3.86. The quantitative estimate of drug-likeness (QED) is 0.339. The smallest absolute Gasteiger partial charge is 0.291 e. The minimum Gasteiger partial charge on any atom is -0.459 e. The van der Waals surface area contributed by atoms with Gasteiger partial charge in [-0.15, -0.1) is 11.3 Å². The summed E-state index contributed by atoms with van der Waals surface area (Å²) in [7, 11) is 0. The first kappa shape index (κ1) is 21.2. The molecule has 3 aromatic heterocycles. The fraction of sp³-hybridized carbons (Fsp3) is 0.167. The molecule has 2 N–H and O–H groups in total. The molecule has 158 valence electrons. The van der Waals surface area contributed by atoms with Crippen molar-refractivity contribution in [3.05, 3.63) is 98.9 Å². The van der Waals surface area contributed by atoms with E-state index in [-0.39, 0.29) is 17.7 Å². The Hall–Kier alpha value is -3.09. The Morgan fingerprint density at radius 3 is 2.58 bits per heavy atom. The number of hydrogen-bond acceptors (Lipinski definition) is 5. The molecular formula is C24H22ClN3O2S. The van der Waals surface area contributed by atoms with E-state index in [0.717, 1.165) is 38.1 Å². The van der Waals surface area contributed by atoms with E-state index in [1.54, 1.807) is 12.1 Å². The molecule has 0 fully saturated rings. The molecular weight excluding hydrogens is 430 g/mol. The zero-order valence-corrected chi connectivity index (χ0v) is 19.0. The molecule has 1 atom stereocenters. The van der Waals surface area contributed by atoms with Gasteiger partial charge in [0.15, 0.2) is 5.76 Å². The van der Waals surface area contributed by atoms with Crippen LogP contribution in [0.15, 0.2) is 65.3 Å². The number of thiophene rings is 1. The van der Waals surface area contributed by atoms with E-state index in [0.29, 0.717) is 5.02 Å². The minimum absolute atomic E-state index is 0.261. The summed E-state index contributed by atoms with van der Waals surface area (Å²) in [6.45, 7) is 6.05. The number of hydrogen-bond donors (Lipinski definition) is 2. The number of carbonyl (C=O) groups excluding carboxylic acids is 1. The molecule has 4 rings (SSSR count). The highest BCUT2D eigenvalue weighted by molar-refractivity contribution is 7.16. The fourth-order valence-electron chi connectivity index (χ4n) is 3.44. The molecule has 0 bridgehead atoms. The van der Waals surface area contributed by atoms with E-state index in [2.05, 4.69) is 22.5 Å². The maximum Gasteiger partial charge on any atom is 0.291 e. The summed E-state index contributed by atoms with van der Waals surface area (Å²) < 4.78 is 5.26. The van der Waals surface area contributed by atoms with Crippen LogP contribution >= 0.6 is 22.9 Å². The average Bonchev–Trinajstić information content (AvgIpc) is 3.36. The number of furan rings is 1. The largest absolute Gasteiger partial charge is 0.459 e. The summed E-state index contributed by atoms with van der Waals surface area (Å²) >= 11 is 8.14. The number of pyridine rings is 1. The second-order valence-corrected chi connectivity index (χ2v) is 8.85. The molecule has 7 heteroatoms. The van der Waals surface area contributed by atoms with Crippen molar-refractivity contribution in [3.8, 4) is 0 Å². The molecule has 1 aromatic carbocycles. The number of halogens is 1. The van der Waals surface area contributed by atoms with Gasteiger partial charge in [0, 0.05) is 21.2 Å². The zero-order valence-electron chi connectivity index (χ0n) is 17.4. The van der Waals surface area contributed by atoms with Crippen molar-refractivity contribution in [3.63, 3.8) is 0 Å². The first-order valence-electron chi connectivity index (χ1n) is 9.83. The first-order chi connectivity index (χ1) is 14.9. The van der Waals surface area contributed by atoms with Crippen LogP contribution in [0.1, 0.15) is 43.9 Å². The maximum atomic E-state index is 12.7. The van der Waals surface area contributed by atoms with Gasteiger partial charge in [0.1, 0.15) is 10.8 Å². The van der Waals surface area contributed by atoms with Gasteiger partial charge in [-0.2, -0.15) is 0 Å². The molecule has 0 aliphatic rings. The van der Waals surface area contributed by atoms with Gasteiger partial charge >= 0.3 is 0 Å². The van der Waals surface area contributed by atoms with Crippen molar-refractivity contribution in [1.82, 2.24) is 4.98 Å². The monoisotopic (exact) mass is 451 g/mol. The molecule has 0 saturated carbocycles. The van der Waals surface area contributed by atoms with Gasteiger partial charge in [-0.3, -0.25) is 4.79 Å². The van der Waals surface area contributed by atoms with Crippen LogP contribution in [-0.4, -0.2) is 10.9 Å². The maximum absolute atomic E-state index is 12.7. The van der Waals surface area contributed by atoms with Crippen LogP contribution in [0.5, 0.6) is 0 Å². The van der Waals surface area contributed by atoms with Crippen LogP contribution in [0, 0.1) is 20.8 Å². The number of nitrogens with zero attached hydrogens (tertiary/aromatic N) is 1. The summed E-state index contributed by atoms with van der Waals surface area (Å²) in [6.07, 6.45) is 1.48. The Morgan fingerprint density at radius 1 is 1.06 bits per heavy atom. The normalized spacial score (nSPS) is 11.9. The molecule has 5 nitrogen and oxygen atoms in total. The number of carbonyl (C=O) groups is 1. The van der Waals surface area contributed by atoms with Crippen molar-refractivity contribution < 1.29 is 9.21 Å². The number of amides is 1. The van der Waals surface area contributed by atoms with Crippen LogP contribution < -0.4 is 10.6 Å². The third-order valence-corrected chi connectivity index (χ3v) is 6.57. The highest BCUT2D eigenvalue weighted by Crippen LogP contribution is 2.42. The van der Waals surface area contributed by atoms with E-state index >= 15 is 0 Å². The highest BCUT2D eigenvalue weighted by atomic mass is 35.5. The second-order valence-electron chi connectivity index (χ2n) is 7.22. The lowest BCUT2D eigenvalue weighted by molar-refractivity contribution is 0.0997. The van der Waals surface area contributed by atoms with Gasteiger partial charge < -0.3 is 15.1 Å². The van der Waals surface area contributed by atoms with Crippen LogP contribution in [-0.2, 0) is 0 Å². The topological polar surface area (TPSA) is 67.2 Å². The zero-order chi connectivity index (χ0) is 22.0. The molecule has 0 radical (unpaired) electrons. The number of anilines is 2. The third-order valence-electron chi connectivity index (χ3n) is 5.09. The molecule has 1 unspecified atom stereocenters. The molecule has 0 aliphatic carbocycles. The van der Waals surface area contributed by atoms with Crippen LogP contribution in [0.25, 0.3) is 0 Å². The average molecular weight is 452 g/mol. The van der Waals surface area contributed by atoms with Crippen molar-refractivity contribution in [2.24, 2.45) is 0 Å². The molecule has 1 amide bonds. The first-order valence-corrected chi connectivity index (χ1v) is 11.0. The van der Waals surface area contributed by atoms with Crippen LogP contribution in [0.2, 0.25) is 5.02 Å². The molecule has 4 aromatic rings. The fourth-order valence-corrected chi connectivity index (χ4v) is 4.78. The van der Waals surface area contributed by atoms with Crippen molar-refractivity contribution in [2.45, 2.75) is 26.8 Å². The Kier molecular flexibility index (Phi) is 6.11. The lowest BCUT2D eigenvalue weighted by Crippen LogP contribution is -2.18. The molecule has 0 spiro atoms. The lowest BCUT2D eigenvalue weighted by atomic mass is 9.96.